The fourth-order valence-electron chi connectivity index (χ4n) is 5.18. The Morgan fingerprint density at radius 2 is 1.74 bits per heavy atom. The second kappa shape index (κ2) is 14.1. The molecule has 1 aromatic heterocycles. The highest BCUT2D eigenvalue weighted by Crippen LogP contribution is 2.26. The molecule has 0 spiro atoms. The number of amides is 4. The number of pyridine rings is 1. The number of carbonyl (C=O) groups is 3. The number of para-hydroxylation sites is 1. The summed E-state index contributed by atoms with van der Waals surface area (Å²) < 4.78 is 12.8. The number of hydrazine groups is 1. The molecule has 0 radical (unpaired) electrons. The maximum absolute atomic E-state index is 14.0. The van der Waals surface area contributed by atoms with E-state index >= 15 is 0 Å². The molecule has 3 aromatic rings. The number of aliphatic imine (C=N–C) groups is 1. The summed E-state index contributed by atoms with van der Waals surface area (Å²) >= 11 is 0. The summed E-state index contributed by atoms with van der Waals surface area (Å²) in [5, 5.41) is 3.51. The van der Waals surface area contributed by atoms with E-state index in [4.69, 9.17) is 15.2 Å². The van der Waals surface area contributed by atoms with Crippen LogP contribution in [-0.4, -0.2) is 80.3 Å². The monoisotopic (exact) mass is 645 g/mol. The minimum Gasteiger partial charge on any atom is -0.378 e. The van der Waals surface area contributed by atoms with E-state index in [9.17, 15) is 19.2 Å². The lowest BCUT2D eigenvalue weighted by Crippen LogP contribution is -2.57. The summed E-state index contributed by atoms with van der Waals surface area (Å²) in [5.74, 6) is -1.12. The van der Waals surface area contributed by atoms with E-state index in [-0.39, 0.29) is 17.9 Å². The molecule has 1 saturated heterocycles. The molecule has 4 amide bonds. The highest BCUT2D eigenvalue weighted by atomic mass is 28.3. The van der Waals surface area contributed by atoms with Crippen LogP contribution in [0.5, 0.6) is 0 Å². The number of carbonyl (C=O) groups excluding carboxylic acids is 3. The molecule has 4 N–H and O–H groups in total. The molecule has 5 rings (SSSR count). The lowest BCUT2D eigenvalue weighted by Gasteiger charge is -2.33. The van der Waals surface area contributed by atoms with Gasteiger partial charge in [-0.1, -0.05) is 68.2 Å². The Kier molecular flexibility index (Phi) is 9.99. The summed E-state index contributed by atoms with van der Waals surface area (Å²) in [5.41, 5.74) is 10.3. The van der Waals surface area contributed by atoms with Gasteiger partial charge in [0.25, 0.3) is 17.4 Å². The van der Waals surface area contributed by atoms with Crippen molar-refractivity contribution < 1.29 is 23.9 Å². The third kappa shape index (κ3) is 7.53. The van der Waals surface area contributed by atoms with Crippen LogP contribution in [-0.2, 0) is 21.0 Å². The summed E-state index contributed by atoms with van der Waals surface area (Å²) in [6, 6.07) is 18.8. The number of hydrogen-bond donors (Lipinski definition) is 3. The predicted octanol–water partition coefficient (Wildman–Crippen LogP) is 2.84. The summed E-state index contributed by atoms with van der Waals surface area (Å²) in [7, 11) is -1.38. The molecule has 0 saturated carbocycles. The van der Waals surface area contributed by atoms with E-state index in [1.807, 2.05) is 41.3 Å². The molecule has 2 aliphatic heterocycles. The lowest BCUT2D eigenvalue weighted by molar-refractivity contribution is -0.120. The Morgan fingerprint density at radius 1 is 1.04 bits per heavy atom. The average molecular weight is 646 g/mol. The molecule has 13 nitrogen and oxygen atoms in total. The zero-order valence-corrected chi connectivity index (χ0v) is 27.2. The van der Waals surface area contributed by atoms with Crippen LogP contribution < -0.4 is 26.9 Å². The van der Waals surface area contributed by atoms with Crippen molar-refractivity contribution >= 4 is 43.1 Å². The number of aromatic nitrogens is 1. The van der Waals surface area contributed by atoms with Crippen molar-refractivity contribution in [3.63, 3.8) is 0 Å². The van der Waals surface area contributed by atoms with Crippen molar-refractivity contribution in [1.82, 2.24) is 15.0 Å². The van der Waals surface area contributed by atoms with Gasteiger partial charge in [0.1, 0.15) is 12.5 Å². The standard InChI is InChI=1S/C32H39N7O6Si/c1-46(2,3)20-19-45-21-38-26(40)14-13-24(31(38)37-15-17-44-18-16-37)29(41)36-39(32(33)43)28-30(42)34-25-12-8-7-11-23(25)27(35-28)22-9-5-4-6-10-22/h4-14,28H,15-21H2,1-3H3,(H2,33,43)(H,34,42)(H,36,41)/t28-/m0/s1. The number of hydrogen-bond acceptors (Lipinski definition) is 8. The number of nitrogens with two attached hydrogens (primary N) is 1. The van der Waals surface area contributed by atoms with Crippen LogP contribution in [0.25, 0.3) is 0 Å². The van der Waals surface area contributed by atoms with Crippen LogP contribution >= 0.6 is 0 Å². The zero-order chi connectivity index (χ0) is 32.8. The van der Waals surface area contributed by atoms with Crippen molar-refractivity contribution in [3.05, 3.63) is 93.8 Å². The van der Waals surface area contributed by atoms with Crippen LogP contribution in [0.15, 0.2) is 76.5 Å². The summed E-state index contributed by atoms with van der Waals surface area (Å²) in [6.45, 7) is 8.74. The van der Waals surface area contributed by atoms with Gasteiger partial charge in [-0.2, -0.15) is 0 Å². The van der Waals surface area contributed by atoms with E-state index < -0.39 is 32.1 Å². The van der Waals surface area contributed by atoms with Crippen LogP contribution in [0.2, 0.25) is 25.7 Å². The Morgan fingerprint density at radius 3 is 2.43 bits per heavy atom. The molecule has 2 aliphatic rings. The Hall–Kier alpha value is -4.79. The van der Waals surface area contributed by atoms with E-state index in [0.717, 1.165) is 6.04 Å². The first-order valence-electron chi connectivity index (χ1n) is 15.1. The molecule has 0 bridgehead atoms. The number of nitrogens with one attached hydrogen (secondary N) is 2. The van der Waals surface area contributed by atoms with Crippen molar-refractivity contribution in [2.24, 2.45) is 10.7 Å². The van der Waals surface area contributed by atoms with E-state index in [1.54, 1.807) is 18.2 Å². The van der Waals surface area contributed by atoms with Gasteiger partial charge in [0, 0.05) is 45.0 Å². The number of urea groups is 1. The van der Waals surface area contributed by atoms with Crippen LogP contribution in [0.3, 0.4) is 0 Å². The van der Waals surface area contributed by atoms with Crippen LogP contribution in [0.4, 0.5) is 16.3 Å². The van der Waals surface area contributed by atoms with Gasteiger partial charge in [-0.25, -0.2) is 14.8 Å². The Bertz CT molecular complexity index is 1680. The van der Waals surface area contributed by atoms with Gasteiger partial charge in [-0.15, -0.1) is 0 Å². The third-order valence-corrected chi connectivity index (χ3v) is 9.31. The minimum absolute atomic E-state index is 0.0648. The predicted molar refractivity (Wildman–Crippen MR) is 178 cm³/mol. The smallest absolute Gasteiger partial charge is 0.336 e. The number of nitrogens with zero attached hydrogens (tertiary/aromatic N) is 4. The van der Waals surface area contributed by atoms with Gasteiger partial charge in [-0.3, -0.25) is 24.4 Å². The van der Waals surface area contributed by atoms with Gasteiger partial charge in [0.2, 0.25) is 6.17 Å². The van der Waals surface area contributed by atoms with E-state index in [0.29, 0.717) is 66.3 Å². The number of benzodiazepines with no additional fused rings is 1. The molecule has 1 atom stereocenters. The first-order valence-corrected chi connectivity index (χ1v) is 18.8. The normalized spacial score (nSPS) is 16.5. The summed E-state index contributed by atoms with van der Waals surface area (Å²) in [4.78, 5) is 60.1. The highest BCUT2D eigenvalue weighted by molar-refractivity contribution is 6.76. The Labute approximate surface area is 268 Å². The number of primary amides is 1. The largest absolute Gasteiger partial charge is 0.378 e. The lowest BCUT2D eigenvalue weighted by atomic mass is 10.0. The van der Waals surface area contributed by atoms with Gasteiger partial charge in [-0.05, 0) is 18.2 Å². The Balaban J connectivity index is 1.51. The van der Waals surface area contributed by atoms with E-state index in [1.165, 1.54) is 16.7 Å². The molecular formula is C32H39N7O6Si. The fourth-order valence-corrected chi connectivity index (χ4v) is 5.93. The van der Waals surface area contributed by atoms with Crippen molar-refractivity contribution in [3.8, 4) is 0 Å². The molecule has 46 heavy (non-hydrogen) atoms. The number of ether oxygens (including phenoxy) is 2. The average Bonchev–Trinajstić information content (AvgIpc) is 3.18. The first-order chi connectivity index (χ1) is 22.0. The highest BCUT2D eigenvalue weighted by Gasteiger charge is 2.35. The van der Waals surface area contributed by atoms with Crippen molar-refractivity contribution in [1.29, 1.82) is 0 Å². The molecule has 0 aliphatic carbocycles. The number of benzene rings is 2. The quantitative estimate of drug-likeness (QED) is 0.183. The number of anilines is 2. The maximum atomic E-state index is 14.0. The molecule has 3 heterocycles. The third-order valence-electron chi connectivity index (χ3n) is 7.60. The number of morpholine rings is 1. The topological polar surface area (TPSA) is 161 Å². The first kappa shape index (κ1) is 32.6. The van der Waals surface area contributed by atoms with Crippen molar-refractivity contribution in [2.75, 3.05) is 43.1 Å². The molecule has 1 fully saturated rings. The van der Waals surface area contributed by atoms with E-state index in [2.05, 4.69) is 35.4 Å². The van der Waals surface area contributed by atoms with Gasteiger partial charge in [0.15, 0.2) is 0 Å². The van der Waals surface area contributed by atoms with Gasteiger partial charge < -0.3 is 25.4 Å². The van der Waals surface area contributed by atoms with Crippen LogP contribution in [0.1, 0.15) is 21.5 Å². The molecule has 2 aromatic carbocycles. The second-order valence-electron chi connectivity index (χ2n) is 12.2. The minimum atomic E-state index is -1.55. The fraction of sp³-hybridized carbons (Fsp3) is 0.344. The molecule has 242 valence electrons. The van der Waals surface area contributed by atoms with Gasteiger partial charge in [0.05, 0.1) is 30.2 Å². The number of fused-ring (bicyclic) bond motifs is 1. The molecular weight excluding hydrogens is 606 g/mol. The van der Waals surface area contributed by atoms with Crippen molar-refractivity contribution in [2.45, 2.75) is 38.6 Å². The maximum Gasteiger partial charge on any atom is 0.336 e. The number of rotatable bonds is 9. The van der Waals surface area contributed by atoms with Gasteiger partial charge >= 0.3 is 6.03 Å². The summed E-state index contributed by atoms with van der Waals surface area (Å²) in [6.07, 6.45) is -1.55. The zero-order valence-electron chi connectivity index (χ0n) is 26.2. The second-order valence-corrected chi connectivity index (χ2v) is 17.8. The molecule has 0 unspecified atom stereocenters. The van der Waals surface area contributed by atoms with Crippen LogP contribution in [0, 0.1) is 0 Å². The molecule has 14 heteroatoms. The SMILES string of the molecule is C[Si](C)(C)CCOCn1c(N2CCOCC2)c(C(=O)NN(C(N)=O)[C@@H]2N=C(c3ccccc3)c3ccccc3NC2=O)ccc1=O.